The molecule has 0 amide bonds. The highest BCUT2D eigenvalue weighted by atomic mass is 79.9. The van der Waals surface area contributed by atoms with Crippen molar-refractivity contribution in [2.45, 2.75) is 13.3 Å². The van der Waals surface area contributed by atoms with Crippen molar-refractivity contribution in [2.24, 2.45) is 0 Å². The Morgan fingerprint density at radius 3 is 2.89 bits per heavy atom. The summed E-state index contributed by atoms with van der Waals surface area (Å²) in [6, 6.07) is 3.76. The van der Waals surface area contributed by atoms with Crippen LogP contribution in [0.2, 0.25) is 0 Å². The molecule has 0 unspecified atom stereocenters. The maximum atomic E-state index is 5.18. The lowest BCUT2D eigenvalue weighted by Gasteiger charge is -2.10. The zero-order valence-electron chi connectivity index (χ0n) is 10.6. The average molecular weight is 358 g/mol. The van der Waals surface area contributed by atoms with Gasteiger partial charge in [0, 0.05) is 17.2 Å². The number of hydrogen-bond donors (Lipinski definition) is 3. The lowest BCUT2D eigenvalue weighted by molar-refractivity contribution is 0.862. The van der Waals surface area contributed by atoms with Crippen LogP contribution in [0.15, 0.2) is 45.9 Å². The van der Waals surface area contributed by atoms with Gasteiger partial charge in [-0.3, -0.25) is 0 Å². The molecule has 1 heterocycles. The molecule has 1 aromatic rings. The Balaban J connectivity index is 2.32. The molecular weight excluding hydrogens is 342 g/mol. The minimum absolute atomic E-state index is 0.562. The number of nitrogens with zero attached hydrogens (tertiary/aromatic N) is 1. The van der Waals surface area contributed by atoms with E-state index < -0.39 is 0 Å². The topological polar surface area (TPSA) is 37.0 Å². The molecule has 0 atom stereocenters. The number of thiocarbonyl (C=S) groups is 1. The van der Waals surface area contributed by atoms with E-state index in [1.807, 2.05) is 25.1 Å². The smallest absolute Gasteiger partial charge is 0.171 e. The third kappa shape index (κ3) is 7.34. The Bertz CT molecular complexity index is 483. The molecule has 0 spiro atoms. The molecule has 1 rings (SSSR count). The van der Waals surface area contributed by atoms with Gasteiger partial charge in [-0.2, -0.15) is 0 Å². The second-order valence-electron chi connectivity index (χ2n) is 3.97. The van der Waals surface area contributed by atoms with Crippen molar-refractivity contribution in [3.05, 3.63) is 45.9 Å². The standard InChI is InChI=1S/C13H16BrN3S2/c1-9(7-10(2)18)5-6-15-13(19)17-12-4-3-11(14)8-16-12/h3-4,7-8,18H,2,5-6H2,1H3,(H2,15,16,17,19)/b9-7+. The van der Waals surface area contributed by atoms with Crippen LogP contribution in [0.4, 0.5) is 5.82 Å². The van der Waals surface area contributed by atoms with E-state index in [4.69, 9.17) is 12.2 Å². The van der Waals surface area contributed by atoms with Crippen LogP contribution in [0.3, 0.4) is 0 Å². The van der Waals surface area contributed by atoms with Gasteiger partial charge in [0.05, 0.1) is 0 Å². The first-order valence-electron chi connectivity index (χ1n) is 5.69. The van der Waals surface area contributed by atoms with E-state index in [0.29, 0.717) is 5.11 Å². The van der Waals surface area contributed by atoms with E-state index in [1.165, 1.54) is 5.57 Å². The quantitative estimate of drug-likeness (QED) is 0.424. The van der Waals surface area contributed by atoms with E-state index >= 15 is 0 Å². The minimum Gasteiger partial charge on any atom is -0.362 e. The molecule has 0 saturated carbocycles. The number of aromatic nitrogens is 1. The number of allylic oxidation sites excluding steroid dienone is 1. The van der Waals surface area contributed by atoms with Crippen LogP contribution in [0.1, 0.15) is 13.3 Å². The Hall–Kier alpha value is -0.850. The van der Waals surface area contributed by atoms with E-state index in [2.05, 4.69) is 50.8 Å². The van der Waals surface area contributed by atoms with Gasteiger partial charge in [-0.25, -0.2) is 4.98 Å². The zero-order valence-corrected chi connectivity index (χ0v) is 13.9. The van der Waals surface area contributed by atoms with E-state index in [-0.39, 0.29) is 0 Å². The highest BCUT2D eigenvalue weighted by molar-refractivity contribution is 9.10. The van der Waals surface area contributed by atoms with Gasteiger partial charge in [-0.15, -0.1) is 12.6 Å². The fourth-order valence-corrected chi connectivity index (χ4v) is 2.00. The summed E-state index contributed by atoms with van der Waals surface area (Å²) in [5.74, 6) is 0.719. The molecule has 0 aromatic carbocycles. The SMILES string of the molecule is C=C(S)/C=C(\C)CCNC(=S)Nc1ccc(Br)cn1. The van der Waals surface area contributed by atoms with Crippen molar-refractivity contribution in [3.63, 3.8) is 0 Å². The normalized spacial score (nSPS) is 11.0. The molecule has 2 N–H and O–H groups in total. The molecule has 19 heavy (non-hydrogen) atoms. The third-order valence-corrected chi connectivity index (χ3v) is 3.03. The predicted octanol–water partition coefficient (Wildman–Crippen LogP) is 3.91. The highest BCUT2D eigenvalue weighted by Crippen LogP contribution is 2.10. The van der Waals surface area contributed by atoms with Gasteiger partial charge in [-0.05, 0) is 58.5 Å². The van der Waals surface area contributed by atoms with Crippen LogP contribution >= 0.6 is 40.8 Å². The van der Waals surface area contributed by atoms with Gasteiger partial charge >= 0.3 is 0 Å². The maximum Gasteiger partial charge on any atom is 0.171 e. The molecule has 6 heteroatoms. The molecular formula is C13H16BrN3S2. The predicted molar refractivity (Wildman–Crippen MR) is 92.7 cm³/mol. The first kappa shape index (κ1) is 16.2. The monoisotopic (exact) mass is 357 g/mol. The molecule has 1 aromatic heterocycles. The number of pyridine rings is 1. The molecule has 0 bridgehead atoms. The lowest BCUT2D eigenvalue weighted by atomic mass is 10.2. The molecule has 0 aliphatic rings. The van der Waals surface area contributed by atoms with Gasteiger partial charge in [-0.1, -0.05) is 18.2 Å². The summed E-state index contributed by atoms with van der Waals surface area (Å²) in [4.78, 5) is 4.94. The molecule has 0 saturated heterocycles. The van der Waals surface area contributed by atoms with Crippen LogP contribution in [-0.2, 0) is 0 Å². The maximum absolute atomic E-state index is 5.18. The summed E-state index contributed by atoms with van der Waals surface area (Å²) >= 11 is 12.6. The Morgan fingerprint density at radius 1 is 1.58 bits per heavy atom. The molecule has 0 fully saturated rings. The Kier molecular flexibility index (Phi) is 7.12. The Morgan fingerprint density at radius 2 is 2.32 bits per heavy atom. The van der Waals surface area contributed by atoms with Crippen LogP contribution in [0, 0.1) is 0 Å². The van der Waals surface area contributed by atoms with Crippen molar-refractivity contribution < 1.29 is 0 Å². The molecule has 102 valence electrons. The van der Waals surface area contributed by atoms with Gasteiger partial charge in [0.1, 0.15) is 5.82 Å². The molecule has 0 aliphatic carbocycles. The third-order valence-electron chi connectivity index (χ3n) is 2.19. The number of thiol groups is 1. The van der Waals surface area contributed by atoms with Crippen LogP contribution in [-0.4, -0.2) is 16.6 Å². The Labute approximate surface area is 133 Å². The molecule has 0 radical (unpaired) electrons. The lowest BCUT2D eigenvalue weighted by Crippen LogP contribution is -2.29. The van der Waals surface area contributed by atoms with Crippen LogP contribution in [0.5, 0.6) is 0 Å². The summed E-state index contributed by atoms with van der Waals surface area (Å²) in [7, 11) is 0. The van der Waals surface area contributed by atoms with Gasteiger partial charge in [0.25, 0.3) is 0 Å². The van der Waals surface area contributed by atoms with E-state index in [9.17, 15) is 0 Å². The van der Waals surface area contributed by atoms with Crippen molar-refractivity contribution in [3.8, 4) is 0 Å². The fourth-order valence-electron chi connectivity index (χ4n) is 1.34. The van der Waals surface area contributed by atoms with Crippen molar-refractivity contribution in [1.29, 1.82) is 0 Å². The zero-order chi connectivity index (χ0) is 14.3. The summed E-state index contributed by atoms with van der Waals surface area (Å²) in [5.41, 5.74) is 1.21. The highest BCUT2D eigenvalue weighted by Gasteiger charge is 1.98. The van der Waals surface area contributed by atoms with E-state index in [0.717, 1.165) is 28.2 Å². The first-order chi connectivity index (χ1) is 8.97. The molecule has 0 aliphatic heterocycles. The van der Waals surface area contributed by atoms with Crippen molar-refractivity contribution in [2.75, 3.05) is 11.9 Å². The number of hydrogen-bond acceptors (Lipinski definition) is 3. The summed E-state index contributed by atoms with van der Waals surface area (Å²) < 4.78 is 0.935. The number of anilines is 1. The van der Waals surface area contributed by atoms with Crippen LogP contribution in [0.25, 0.3) is 0 Å². The van der Waals surface area contributed by atoms with Crippen molar-refractivity contribution in [1.82, 2.24) is 10.3 Å². The molecule has 3 nitrogen and oxygen atoms in total. The van der Waals surface area contributed by atoms with Gasteiger partial charge in [0.15, 0.2) is 5.11 Å². The number of nitrogens with one attached hydrogen (secondary N) is 2. The average Bonchev–Trinajstić information content (AvgIpc) is 2.31. The summed E-state index contributed by atoms with van der Waals surface area (Å²) in [5, 5.41) is 6.71. The van der Waals surface area contributed by atoms with Gasteiger partial charge < -0.3 is 10.6 Å². The summed E-state index contributed by atoms with van der Waals surface area (Å²) in [6.45, 7) is 6.51. The number of rotatable bonds is 5. The van der Waals surface area contributed by atoms with Crippen LogP contribution < -0.4 is 10.6 Å². The van der Waals surface area contributed by atoms with Crippen molar-refractivity contribution >= 4 is 51.7 Å². The van der Waals surface area contributed by atoms with Gasteiger partial charge in [0.2, 0.25) is 0 Å². The second-order valence-corrected chi connectivity index (χ2v) is 5.87. The second kappa shape index (κ2) is 8.35. The summed E-state index contributed by atoms with van der Waals surface area (Å²) in [6.07, 6.45) is 4.54. The largest absolute Gasteiger partial charge is 0.362 e. The number of halogens is 1. The minimum atomic E-state index is 0.562. The first-order valence-corrected chi connectivity index (χ1v) is 7.33. The van der Waals surface area contributed by atoms with E-state index in [1.54, 1.807) is 6.20 Å². The fraction of sp³-hybridized carbons (Fsp3) is 0.231.